The SMILES string of the molecule is CSc1ccccc1-c1sc(C(=O)O)c(N)c1C. The van der Waals surface area contributed by atoms with Gasteiger partial charge in [0.1, 0.15) is 4.88 Å². The fraction of sp³-hybridized carbons (Fsp3) is 0.154. The number of thioether (sulfide) groups is 1. The number of nitrogens with two attached hydrogens (primary N) is 1. The van der Waals surface area contributed by atoms with Gasteiger partial charge in [-0.15, -0.1) is 23.1 Å². The van der Waals surface area contributed by atoms with Gasteiger partial charge in [-0.1, -0.05) is 18.2 Å². The van der Waals surface area contributed by atoms with Crippen LogP contribution in [0.5, 0.6) is 0 Å². The van der Waals surface area contributed by atoms with Gasteiger partial charge in [0.05, 0.1) is 5.69 Å². The van der Waals surface area contributed by atoms with E-state index in [4.69, 9.17) is 10.8 Å². The molecule has 2 aromatic rings. The van der Waals surface area contributed by atoms with Crippen LogP contribution >= 0.6 is 23.1 Å². The molecule has 0 aliphatic carbocycles. The highest BCUT2D eigenvalue weighted by atomic mass is 32.2. The molecule has 18 heavy (non-hydrogen) atoms. The van der Waals surface area contributed by atoms with Crippen LogP contribution < -0.4 is 5.73 Å². The van der Waals surface area contributed by atoms with Crippen LogP contribution in [0.1, 0.15) is 15.2 Å². The summed E-state index contributed by atoms with van der Waals surface area (Å²) in [7, 11) is 0. The van der Waals surface area contributed by atoms with Crippen LogP contribution in [0.4, 0.5) is 5.69 Å². The summed E-state index contributed by atoms with van der Waals surface area (Å²) < 4.78 is 0. The quantitative estimate of drug-likeness (QED) is 0.840. The van der Waals surface area contributed by atoms with Crippen molar-refractivity contribution >= 4 is 34.8 Å². The van der Waals surface area contributed by atoms with Crippen LogP contribution in [0.2, 0.25) is 0 Å². The number of anilines is 1. The summed E-state index contributed by atoms with van der Waals surface area (Å²) in [4.78, 5) is 13.4. The van der Waals surface area contributed by atoms with Crippen molar-refractivity contribution in [2.75, 3.05) is 12.0 Å². The standard InChI is InChI=1S/C13H13NO2S2/c1-7-10(14)12(13(15)16)18-11(7)8-5-3-4-6-9(8)17-2/h3-6H,14H2,1-2H3,(H,15,16). The Kier molecular flexibility index (Phi) is 3.63. The van der Waals surface area contributed by atoms with Crippen molar-refractivity contribution in [3.63, 3.8) is 0 Å². The molecule has 2 rings (SSSR count). The Morgan fingerprint density at radius 1 is 1.39 bits per heavy atom. The molecule has 0 spiro atoms. The molecule has 0 atom stereocenters. The lowest BCUT2D eigenvalue weighted by Crippen LogP contribution is -1.97. The van der Waals surface area contributed by atoms with Crippen LogP contribution in [0.3, 0.4) is 0 Å². The Bertz CT molecular complexity index is 605. The van der Waals surface area contributed by atoms with Crippen LogP contribution in [-0.2, 0) is 0 Å². The van der Waals surface area contributed by atoms with Crippen molar-refractivity contribution in [2.24, 2.45) is 0 Å². The number of carboxylic acids is 1. The summed E-state index contributed by atoms with van der Waals surface area (Å²) >= 11 is 2.88. The Hall–Kier alpha value is -1.46. The van der Waals surface area contributed by atoms with Gasteiger partial charge < -0.3 is 10.8 Å². The molecule has 0 unspecified atom stereocenters. The van der Waals surface area contributed by atoms with E-state index in [-0.39, 0.29) is 4.88 Å². The lowest BCUT2D eigenvalue weighted by Gasteiger charge is -2.05. The minimum atomic E-state index is -0.964. The van der Waals surface area contributed by atoms with E-state index in [9.17, 15) is 4.79 Å². The molecule has 3 N–H and O–H groups in total. The average molecular weight is 279 g/mol. The zero-order chi connectivity index (χ0) is 13.3. The molecule has 0 amide bonds. The predicted octanol–water partition coefficient (Wildman–Crippen LogP) is 3.73. The highest BCUT2D eigenvalue weighted by Crippen LogP contribution is 2.41. The van der Waals surface area contributed by atoms with E-state index < -0.39 is 5.97 Å². The molecule has 5 heteroatoms. The summed E-state index contributed by atoms with van der Waals surface area (Å²) in [5.74, 6) is -0.964. The van der Waals surface area contributed by atoms with Gasteiger partial charge in [0.25, 0.3) is 0 Å². The second kappa shape index (κ2) is 5.04. The number of carboxylic acid groups (broad SMARTS) is 1. The second-order valence-electron chi connectivity index (χ2n) is 3.80. The fourth-order valence-corrected chi connectivity index (χ4v) is 3.55. The second-order valence-corrected chi connectivity index (χ2v) is 5.67. The third-order valence-electron chi connectivity index (χ3n) is 2.74. The maximum absolute atomic E-state index is 11.1. The topological polar surface area (TPSA) is 63.3 Å². The van der Waals surface area contributed by atoms with E-state index >= 15 is 0 Å². The van der Waals surface area contributed by atoms with Gasteiger partial charge in [0.15, 0.2) is 0 Å². The molecule has 0 bridgehead atoms. The lowest BCUT2D eigenvalue weighted by atomic mass is 10.1. The Labute approximate surface area is 114 Å². The summed E-state index contributed by atoms with van der Waals surface area (Å²) in [6.07, 6.45) is 2.00. The van der Waals surface area contributed by atoms with E-state index in [0.717, 1.165) is 20.9 Å². The third-order valence-corrected chi connectivity index (χ3v) is 4.86. The normalized spacial score (nSPS) is 10.6. The monoisotopic (exact) mass is 279 g/mol. The predicted molar refractivity (Wildman–Crippen MR) is 77.6 cm³/mol. The van der Waals surface area contributed by atoms with Gasteiger partial charge in [-0.05, 0) is 24.8 Å². The molecule has 0 fully saturated rings. The van der Waals surface area contributed by atoms with Crippen molar-refractivity contribution in [1.29, 1.82) is 0 Å². The first-order valence-electron chi connectivity index (χ1n) is 5.31. The van der Waals surface area contributed by atoms with E-state index in [1.165, 1.54) is 11.3 Å². The highest BCUT2D eigenvalue weighted by Gasteiger charge is 2.19. The van der Waals surface area contributed by atoms with Crippen molar-refractivity contribution in [1.82, 2.24) is 0 Å². The molecular weight excluding hydrogens is 266 g/mol. The minimum Gasteiger partial charge on any atom is -0.477 e. The molecule has 1 aromatic heterocycles. The fourth-order valence-electron chi connectivity index (χ4n) is 1.77. The molecule has 1 aromatic carbocycles. The van der Waals surface area contributed by atoms with Crippen LogP contribution in [0.25, 0.3) is 10.4 Å². The summed E-state index contributed by atoms with van der Waals surface area (Å²) in [6.45, 7) is 1.87. The van der Waals surface area contributed by atoms with Crippen LogP contribution in [0, 0.1) is 6.92 Å². The van der Waals surface area contributed by atoms with Gasteiger partial charge in [-0.25, -0.2) is 4.79 Å². The highest BCUT2D eigenvalue weighted by molar-refractivity contribution is 7.98. The molecule has 0 saturated carbocycles. The number of benzene rings is 1. The molecule has 0 aliphatic heterocycles. The Morgan fingerprint density at radius 2 is 2.06 bits per heavy atom. The zero-order valence-electron chi connectivity index (χ0n) is 10.1. The summed E-state index contributed by atoms with van der Waals surface area (Å²) in [5.41, 5.74) is 8.12. The number of thiophene rings is 1. The summed E-state index contributed by atoms with van der Waals surface area (Å²) in [6, 6.07) is 7.94. The first kappa shape index (κ1) is 13.0. The lowest BCUT2D eigenvalue weighted by molar-refractivity contribution is 0.0703. The number of aromatic carboxylic acids is 1. The van der Waals surface area contributed by atoms with Gasteiger partial charge in [0.2, 0.25) is 0 Å². The Morgan fingerprint density at radius 3 is 2.61 bits per heavy atom. The van der Waals surface area contributed by atoms with E-state index in [1.807, 2.05) is 37.4 Å². The average Bonchev–Trinajstić information content (AvgIpc) is 2.66. The molecule has 0 aliphatic rings. The number of nitrogen functional groups attached to an aromatic ring is 1. The van der Waals surface area contributed by atoms with Gasteiger partial charge in [0, 0.05) is 15.3 Å². The largest absolute Gasteiger partial charge is 0.477 e. The van der Waals surface area contributed by atoms with E-state index in [1.54, 1.807) is 11.8 Å². The number of rotatable bonds is 3. The third kappa shape index (κ3) is 2.11. The van der Waals surface area contributed by atoms with Gasteiger partial charge >= 0.3 is 5.97 Å². The van der Waals surface area contributed by atoms with Gasteiger partial charge in [-0.3, -0.25) is 0 Å². The molecule has 94 valence electrons. The number of hydrogen-bond donors (Lipinski definition) is 2. The molecule has 0 radical (unpaired) electrons. The Balaban J connectivity index is 2.65. The maximum Gasteiger partial charge on any atom is 0.348 e. The van der Waals surface area contributed by atoms with Crippen molar-refractivity contribution in [2.45, 2.75) is 11.8 Å². The first-order valence-corrected chi connectivity index (χ1v) is 7.36. The molecule has 1 heterocycles. The molecule has 3 nitrogen and oxygen atoms in total. The van der Waals surface area contributed by atoms with Gasteiger partial charge in [-0.2, -0.15) is 0 Å². The maximum atomic E-state index is 11.1. The molecular formula is C13H13NO2S2. The summed E-state index contributed by atoms with van der Waals surface area (Å²) in [5, 5.41) is 9.10. The zero-order valence-corrected chi connectivity index (χ0v) is 11.7. The van der Waals surface area contributed by atoms with Crippen molar-refractivity contribution < 1.29 is 9.90 Å². The number of carbonyl (C=O) groups is 1. The molecule has 0 saturated heterocycles. The first-order chi connectivity index (χ1) is 8.56. The van der Waals surface area contributed by atoms with E-state index in [0.29, 0.717) is 5.69 Å². The number of hydrogen-bond acceptors (Lipinski definition) is 4. The minimum absolute atomic E-state index is 0.221. The van der Waals surface area contributed by atoms with E-state index in [2.05, 4.69) is 0 Å². The van der Waals surface area contributed by atoms with Crippen LogP contribution in [-0.4, -0.2) is 17.3 Å². The smallest absolute Gasteiger partial charge is 0.348 e. The van der Waals surface area contributed by atoms with Crippen molar-refractivity contribution in [3.05, 3.63) is 34.7 Å². The van der Waals surface area contributed by atoms with Crippen LogP contribution in [0.15, 0.2) is 29.2 Å². The van der Waals surface area contributed by atoms with Crippen molar-refractivity contribution in [3.8, 4) is 10.4 Å².